The van der Waals surface area contributed by atoms with Gasteiger partial charge in [0.1, 0.15) is 5.75 Å². The zero-order chi connectivity index (χ0) is 38.6. The summed E-state index contributed by atoms with van der Waals surface area (Å²) in [6.07, 6.45) is -4.94. The quantitative estimate of drug-likeness (QED) is 0.150. The van der Waals surface area contributed by atoms with Crippen molar-refractivity contribution in [3.63, 3.8) is 0 Å². The number of hydrogen-bond donors (Lipinski definition) is 3. The molecule has 4 aromatic rings. The van der Waals surface area contributed by atoms with Crippen LogP contribution in [0.25, 0.3) is 0 Å². The number of nitrogens with zero attached hydrogens (tertiary/aromatic N) is 3. The molecular formula is C40H46F3N5O5. The normalized spacial score (nSPS) is 13.4. The van der Waals surface area contributed by atoms with Gasteiger partial charge in [-0.3, -0.25) is 15.0 Å². The van der Waals surface area contributed by atoms with E-state index >= 15 is 0 Å². The minimum Gasteiger partial charge on any atom is -0.475 e. The van der Waals surface area contributed by atoms with E-state index in [1.165, 1.54) is 11.3 Å². The summed E-state index contributed by atoms with van der Waals surface area (Å²) in [5.74, 6) is -1.89. The van der Waals surface area contributed by atoms with Crippen LogP contribution in [0.2, 0.25) is 0 Å². The first-order valence-corrected chi connectivity index (χ1v) is 17.2. The number of halogens is 3. The molecule has 0 unspecified atom stereocenters. The van der Waals surface area contributed by atoms with Gasteiger partial charge in [0.25, 0.3) is 0 Å². The number of benzene rings is 4. The molecule has 1 fully saturated rings. The summed E-state index contributed by atoms with van der Waals surface area (Å²) >= 11 is 0. The number of nitrogens with one attached hydrogen (secondary N) is 1. The van der Waals surface area contributed by atoms with Crippen molar-refractivity contribution in [2.45, 2.75) is 58.3 Å². The lowest BCUT2D eigenvalue weighted by atomic mass is 9.87. The van der Waals surface area contributed by atoms with E-state index in [1.807, 2.05) is 71.7 Å². The first-order chi connectivity index (χ1) is 25.1. The topological polar surface area (TPSA) is 128 Å². The minimum atomic E-state index is -5.08. The van der Waals surface area contributed by atoms with Gasteiger partial charge in [-0.15, -0.1) is 0 Å². The molecule has 2 amide bonds. The first kappa shape index (κ1) is 40.4. The number of piperazine rings is 1. The number of anilines is 2. The van der Waals surface area contributed by atoms with Crippen molar-refractivity contribution in [3.8, 4) is 11.5 Å². The molecule has 282 valence electrons. The second-order valence-corrected chi connectivity index (χ2v) is 13.5. The molecule has 0 atom stereocenters. The molecule has 53 heavy (non-hydrogen) atoms. The number of alkyl halides is 3. The van der Waals surface area contributed by atoms with Crippen molar-refractivity contribution in [1.82, 2.24) is 10.4 Å². The molecule has 1 saturated heterocycles. The van der Waals surface area contributed by atoms with E-state index in [4.69, 9.17) is 20.4 Å². The molecule has 5 rings (SSSR count). The van der Waals surface area contributed by atoms with Crippen molar-refractivity contribution < 1.29 is 37.4 Å². The second kappa shape index (κ2) is 18.4. The monoisotopic (exact) mass is 733 g/mol. The van der Waals surface area contributed by atoms with Crippen molar-refractivity contribution in [2.75, 3.05) is 36.0 Å². The van der Waals surface area contributed by atoms with Gasteiger partial charge in [0.15, 0.2) is 5.75 Å². The average Bonchev–Trinajstić information content (AvgIpc) is 3.13. The zero-order valence-corrected chi connectivity index (χ0v) is 30.1. The van der Waals surface area contributed by atoms with Crippen LogP contribution in [0.15, 0.2) is 103 Å². The van der Waals surface area contributed by atoms with E-state index in [9.17, 15) is 22.8 Å². The maximum Gasteiger partial charge on any atom is 0.490 e. The standard InChI is InChI=1S/C38H45N5O3.C2HF3O2/c1-38(2,3)31-18-16-29(17-19-31)28-43(34-14-7-8-15-35(34)46-33-13-9-10-30(26-33)27-39)37(45)21-20-36(44)40-42-24-22-41(23-25-42)32-11-5-4-6-12-32;3-2(4,5)1(6)7/h4-19,26H,20-25,27-28,39H2,1-3H3,(H,40,44);(H,6,7). The van der Waals surface area contributed by atoms with Crippen LogP contribution < -0.4 is 25.7 Å². The molecule has 1 aliphatic heterocycles. The first-order valence-electron chi connectivity index (χ1n) is 17.2. The third-order valence-electron chi connectivity index (χ3n) is 8.47. The van der Waals surface area contributed by atoms with Gasteiger partial charge in [0.05, 0.1) is 12.2 Å². The zero-order valence-electron chi connectivity index (χ0n) is 30.1. The molecule has 10 nitrogen and oxygen atoms in total. The highest BCUT2D eigenvalue weighted by atomic mass is 19.4. The average molecular weight is 734 g/mol. The summed E-state index contributed by atoms with van der Waals surface area (Å²) in [4.78, 5) is 39.9. The number of carbonyl (C=O) groups is 3. The summed E-state index contributed by atoms with van der Waals surface area (Å²) in [7, 11) is 0. The highest BCUT2D eigenvalue weighted by Crippen LogP contribution is 2.34. The van der Waals surface area contributed by atoms with E-state index in [0.717, 1.165) is 24.2 Å². The molecule has 0 saturated carbocycles. The molecule has 1 aliphatic rings. The van der Waals surface area contributed by atoms with Crippen LogP contribution in [-0.4, -0.2) is 60.3 Å². The van der Waals surface area contributed by atoms with Crippen LogP contribution >= 0.6 is 0 Å². The molecule has 0 spiro atoms. The van der Waals surface area contributed by atoms with Crippen LogP contribution in [0.5, 0.6) is 11.5 Å². The Bertz CT molecular complexity index is 1810. The highest BCUT2D eigenvalue weighted by Gasteiger charge is 2.38. The van der Waals surface area contributed by atoms with Gasteiger partial charge in [-0.1, -0.05) is 87.5 Å². The number of carboxylic acid groups (broad SMARTS) is 1. The molecule has 0 aromatic heterocycles. The largest absolute Gasteiger partial charge is 0.490 e. The van der Waals surface area contributed by atoms with Crippen LogP contribution in [0.3, 0.4) is 0 Å². The van der Waals surface area contributed by atoms with Gasteiger partial charge in [-0.2, -0.15) is 13.2 Å². The Morgan fingerprint density at radius 2 is 1.43 bits per heavy atom. The highest BCUT2D eigenvalue weighted by molar-refractivity contribution is 5.96. The smallest absolute Gasteiger partial charge is 0.475 e. The number of hydrogen-bond acceptors (Lipinski definition) is 7. The SMILES string of the molecule is CC(C)(C)c1ccc(CN(C(=O)CCC(=O)NN2CCN(c3ccccc3)CC2)c2ccccc2Oc2cccc(CN)c2)cc1.O=C(O)C(F)(F)F. The molecule has 4 aromatic carbocycles. The van der Waals surface area contributed by atoms with Crippen LogP contribution in [0.4, 0.5) is 24.5 Å². The molecule has 13 heteroatoms. The van der Waals surface area contributed by atoms with Crippen molar-refractivity contribution >= 4 is 29.2 Å². The molecule has 4 N–H and O–H groups in total. The summed E-state index contributed by atoms with van der Waals surface area (Å²) in [6.45, 7) is 10.3. The van der Waals surface area contributed by atoms with E-state index in [0.29, 0.717) is 43.4 Å². The number of ether oxygens (including phenoxy) is 1. The molecule has 0 radical (unpaired) electrons. The van der Waals surface area contributed by atoms with Crippen molar-refractivity contribution in [2.24, 2.45) is 5.73 Å². The van der Waals surface area contributed by atoms with Gasteiger partial charge in [-0.05, 0) is 58.5 Å². The molecular weight excluding hydrogens is 687 g/mol. The molecule has 0 aliphatic carbocycles. The van der Waals surface area contributed by atoms with E-state index in [-0.39, 0.29) is 30.1 Å². The van der Waals surface area contributed by atoms with Gasteiger partial charge in [-0.25, -0.2) is 9.80 Å². The Labute approximate surface area is 307 Å². The van der Waals surface area contributed by atoms with E-state index < -0.39 is 12.1 Å². The predicted molar refractivity (Wildman–Crippen MR) is 198 cm³/mol. The number of carbonyl (C=O) groups excluding carboxylic acids is 2. The Morgan fingerprint density at radius 3 is 2.04 bits per heavy atom. The van der Waals surface area contributed by atoms with Gasteiger partial charge in [0.2, 0.25) is 11.8 Å². The van der Waals surface area contributed by atoms with E-state index in [1.54, 1.807) is 4.90 Å². The summed E-state index contributed by atoms with van der Waals surface area (Å²) < 4.78 is 38.0. The fraction of sp³-hybridized carbons (Fsp3) is 0.325. The lowest BCUT2D eigenvalue weighted by Gasteiger charge is -2.36. The Hall–Kier alpha value is -5.40. The van der Waals surface area contributed by atoms with Crippen LogP contribution in [-0.2, 0) is 32.9 Å². The fourth-order valence-electron chi connectivity index (χ4n) is 5.53. The fourth-order valence-corrected chi connectivity index (χ4v) is 5.53. The molecule has 0 bridgehead atoms. The number of para-hydroxylation sites is 3. The minimum absolute atomic E-state index is 0.0219. The summed E-state index contributed by atoms with van der Waals surface area (Å²) in [6, 6.07) is 33.8. The van der Waals surface area contributed by atoms with E-state index in [2.05, 4.69) is 67.5 Å². The Kier molecular flexibility index (Phi) is 14.0. The van der Waals surface area contributed by atoms with Crippen molar-refractivity contribution in [1.29, 1.82) is 0 Å². The second-order valence-electron chi connectivity index (χ2n) is 13.5. The Balaban J connectivity index is 0.000000815. The lowest BCUT2D eigenvalue weighted by Crippen LogP contribution is -2.53. The molecule has 1 heterocycles. The number of carboxylic acids is 1. The third kappa shape index (κ3) is 12.4. The van der Waals surface area contributed by atoms with Crippen LogP contribution in [0, 0.1) is 0 Å². The van der Waals surface area contributed by atoms with Gasteiger partial charge < -0.3 is 25.4 Å². The number of nitrogens with two attached hydrogens (primary N) is 1. The predicted octanol–water partition coefficient (Wildman–Crippen LogP) is 7.04. The van der Waals surface area contributed by atoms with Crippen molar-refractivity contribution in [3.05, 3.63) is 120 Å². The summed E-state index contributed by atoms with van der Waals surface area (Å²) in [5.41, 5.74) is 13.9. The maximum absolute atomic E-state index is 13.9. The number of amides is 2. The number of aliphatic carboxylic acids is 1. The summed E-state index contributed by atoms with van der Waals surface area (Å²) in [5, 5.41) is 9.07. The van der Waals surface area contributed by atoms with Gasteiger partial charge >= 0.3 is 12.1 Å². The Morgan fingerprint density at radius 1 is 0.811 bits per heavy atom. The number of rotatable bonds is 11. The van der Waals surface area contributed by atoms with Gasteiger partial charge in [0, 0.05) is 51.3 Å². The lowest BCUT2D eigenvalue weighted by molar-refractivity contribution is -0.192. The third-order valence-corrected chi connectivity index (χ3v) is 8.47. The van der Waals surface area contributed by atoms with Crippen LogP contribution in [0.1, 0.15) is 50.3 Å². The maximum atomic E-state index is 13.9. The number of hydrazine groups is 1.